The molecule has 1 aromatic rings. The third kappa shape index (κ3) is 3.34. The van der Waals surface area contributed by atoms with Gasteiger partial charge in [-0.3, -0.25) is 9.88 Å². The zero-order valence-electron chi connectivity index (χ0n) is 13.2. The van der Waals surface area contributed by atoms with E-state index in [1.165, 1.54) is 0 Å². The van der Waals surface area contributed by atoms with Crippen LogP contribution in [-0.2, 0) is 16.6 Å². The number of nitrogens with zero attached hydrogens (tertiary/aromatic N) is 3. The Morgan fingerprint density at radius 2 is 2.09 bits per heavy atom. The van der Waals surface area contributed by atoms with Gasteiger partial charge in [0.2, 0.25) is 10.0 Å². The van der Waals surface area contributed by atoms with E-state index in [1.54, 1.807) is 11.2 Å². The maximum absolute atomic E-state index is 12.1. The fourth-order valence-electron chi connectivity index (χ4n) is 3.81. The molecule has 0 N–H and O–H groups in total. The minimum Gasteiger partial charge on any atom is -0.297 e. The minimum atomic E-state index is -3.05. The molecule has 122 valence electrons. The van der Waals surface area contributed by atoms with Gasteiger partial charge >= 0.3 is 0 Å². The van der Waals surface area contributed by atoms with E-state index >= 15 is 0 Å². The van der Waals surface area contributed by atoms with Gasteiger partial charge in [-0.15, -0.1) is 0 Å². The number of aromatic nitrogens is 1. The van der Waals surface area contributed by atoms with E-state index in [1.807, 2.05) is 18.3 Å². The predicted molar refractivity (Wildman–Crippen MR) is 86.8 cm³/mol. The number of sulfonamides is 1. The van der Waals surface area contributed by atoms with Gasteiger partial charge in [0, 0.05) is 32.4 Å². The Bertz CT molecular complexity index is 605. The third-order valence-electron chi connectivity index (χ3n) is 5.01. The highest BCUT2D eigenvalue weighted by molar-refractivity contribution is 7.89. The van der Waals surface area contributed by atoms with Crippen LogP contribution in [0.25, 0.3) is 0 Å². The van der Waals surface area contributed by atoms with Crippen molar-refractivity contribution >= 4 is 10.0 Å². The Kier molecular flexibility index (Phi) is 4.52. The first-order chi connectivity index (χ1) is 10.5. The van der Waals surface area contributed by atoms with Crippen LogP contribution in [0.4, 0.5) is 0 Å². The van der Waals surface area contributed by atoms with Crippen LogP contribution in [-0.4, -0.2) is 54.5 Å². The number of pyridine rings is 1. The van der Waals surface area contributed by atoms with Crippen LogP contribution < -0.4 is 0 Å². The summed E-state index contributed by atoms with van der Waals surface area (Å²) >= 11 is 0. The van der Waals surface area contributed by atoms with Gasteiger partial charge in [0.05, 0.1) is 11.4 Å². The van der Waals surface area contributed by atoms with Gasteiger partial charge in [-0.25, -0.2) is 12.7 Å². The molecule has 1 aromatic heterocycles. The smallest absolute Gasteiger partial charge is 0.213 e. The fourth-order valence-corrected chi connectivity index (χ4v) is 5.02. The van der Waals surface area contributed by atoms with E-state index in [4.69, 9.17) is 0 Å². The summed E-state index contributed by atoms with van der Waals surface area (Å²) in [6.07, 6.45) is 5.11. The van der Waals surface area contributed by atoms with Crippen molar-refractivity contribution in [2.24, 2.45) is 5.41 Å². The topological polar surface area (TPSA) is 53.5 Å². The van der Waals surface area contributed by atoms with Crippen LogP contribution >= 0.6 is 0 Å². The average molecular weight is 323 g/mol. The summed E-state index contributed by atoms with van der Waals surface area (Å²) in [5.41, 5.74) is 1.24. The summed E-state index contributed by atoms with van der Waals surface area (Å²) in [5.74, 6) is 0.209. The van der Waals surface area contributed by atoms with E-state index in [9.17, 15) is 8.42 Å². The summed E-state index contributed by atoms with van der Waals surface area (Å²) < 4.78 is 25.9. The second-order valence-electron chi connectivity index (χ2n) is 6.62. The molecule has 2 saturated heterocycles. The molecule has 0 bridgehead atoms. The molecule has 2 aliphatic heterocycles. The highest BCUT2D eigenvalue weighted by Gasteiger charge is 2.44. The zero-order valence-corrected chi connectivity index (χ0v) is 14.1. The van der Waals surface area contributed by atoms with Gasteiger partial charge in [-0.2, -0.15) is 0 Å². The molecule has 3 heterocycles. The Balaban J connectivity index is 1.66. The first kappa shape index (κ1) is 15.9. The number of hydrogen-bond donors (Lipinski definition) is 0. The summed E-state index contributed by atoms with van der Waals surface area (Å²) in [7, 11) is -3.05. The third-order valence-corrected chi connectivity index (χ3v) is 6.84. The van der Waals surface area contributed by atoms with Crippen LogP contribution in [0.5, 0.6) is 0 Å². The minimum absolute atomic E-state index is 0.148. The van der Waals surface area contributed by atoms with Crippen LogP contribution in [0.15, 0.2) is 24.4 Å². The SMILES string of the molecule is CCS(=O)(=O)N1CCC2(CCCN(Cc3ccccn3)C2)C1. The molecule has 1 atom stereocenters. The largest absolute Gasteiger partial charge is 0.297 e. The van der Waals surface area contributed by atoms with Crippen molar-refractivity contribution < 1.29 is 8.42 Å². The van der Waals surface area contributed by atoms with E-state index in [0.29, 0.717) is 13.1 Å². The molecule has 1 spiro atoms. The standard InChI is InChI=1S/C16H25N3O2S/c1-2-22(20,21)19-11-8-16(14-19)7-5-10-18(13-16)12-15-6-3-4-9-17-15/h3-4,6,9H,2,5,7-8,10-14H2,1H3. The molecule has 6 heteroatoms. The highest BCUT2D eigenvalue weighted by Crippen LogP contribution is 2.40. The lowest BCUT2D eigenvalue weighted by Crippen LogP contribution is -2.45. The van der Waals surface area contributed by atoms with E-state index in [0.717, 1.165) is 44.6 Å². The number of likely N-dealkylation sites (tertiary alicyclic amines) is 1. The quantitative estimate of drug-likeness (QED) is 0.846. The lowest BCUT2D eigenvalue weighted by molar-refractivity contribution is 0.0925. The normalized spacial score (nSPS) is 27.5. The maximum Gasteiger partial charge on any atom is 0.213 e. The first-order valence-electron chi connectivity index (χ1n) is 8.13. The first-order valence-corrected chi connectivity index (χ1v) is 9.74. The molecule has 22 heavy (non-hydrogen) atoms. The van der Waals surface area contributed by atoms with Crippen molar-refractivity contribution in [3.8, 4) is 0 Å². The van der Waals surface area contributed by atoms with E-state index in [-0.39, 0.29) is 11.2 Å². The van der Waals surface area contributed by atoms with Gasteiger partial charge in [0.15, 0.2) is 0 Å². The average Bonchev–Trinajstić information content (AvgIpc) is 2.93. The van der Waals surface area contributed by atoms with Crippen molar-refractivity contribution in [2.75, 3.05) is 31.9 Å². The summed E-state index contributed by atoms with van der Waals surface area (Å²) in [4.78, 5) is 6.85. The Morgan fingerprint density at radius 3 is 2.82 bits per heavy atom. The van der Waals surface area contributed by atoms with Gasteiger partial charge in [-0.1, -0.05) is 6.07 Å². The predicted octanol–water partition coefficient (Wildman–Crippen LogP) is 1.72. The molecular weight excluding hydrogens is 298 g/mol. The van der Waals surface area contributed by atoms with Crippen LogP contribution in [0, 0.1) is 5.41 Å². The van der Waals surface area contributed by atoms with Gasteiger partial charge < -0.3 is 0 Å². The lowest BCUT2D eigenvalue weighted by Gasteiger charge is -2.40. The summed E-state index contributed by atoms with van der Waals surface area (Å²) in [5, 5.41) is 0. The molecule has 0 aliphatic carbocycles. The maximum atomic E-state index is 12.1. The van der Waals surface area contributed by atoms with Gasteiger partial charge in [0.1, 0.15) is 0 Å². The number of rotatable bonds is 4. The van der Waals surface area contributed by atoms with Crippen molar-refractivity contribution in [1.82, 2.24) is 14.2 Å². The summed E-state index contributed by atoms with van der Waals surface area (Å²) in [6, 6.07) is 6.02. The van der Waals surface area contributed by atoms with Crippen molar-refractivity contribution in [1.29, 1.82) is 0 Å². The molecule has 1 unspecified atom stereocenters. The van der Waals surface area contributed by atoms with Crippen LogP contribution in [0.2, 0.25) is 0 Å². The molecule has 0 aromatic carbocycles. The van der Waals surface area contributed by atoms with Crippen LogP contribution in [0.3, 0.4) is 0 Å². The van der Waals surface area contributed by atoms with Gasteiger partial charge in [-0.05, 0) is 50.3 Å². The highest BCUT2D eigenvalue weighted by atomic mass is 32.2. The van der Waals surface area contributed by atoms with Crippen molar-refractivity contribution in [3.63, 3.8) is 0 Å². The Morgan fingerprint density at radius 1 is 1.23 bits per heavy atom. The molecule has 2 fully saturated rings. The monoisotopic (exact) mass is 323 g/mol. The van der Waals surface area contributed by atoms with Gasteiger partial charge in [0.25, 0.3) is 0 Å². The molecule has 5 nitrogen and oxygen atoms in total. The van der Waals surface area contributed by atoms with E-state index < -0.39 is 10.0 Å². The zero-order chi connectivity index (χ0) is 15.6. The molecular formula is C16H25N3O2S. The van der Waals surface area contributed by atoms with E-state index in [2.05, 4.69) is 16.0 Å². The second-order valence-corrected chi connectivity index (χ2v) is 8.88. The Labute approximate surface area is 133 Å². The molecule has 0 radical (unpaired) electrons. The van der Waals surface area contributed by atoms with Crippen molar-refractivity contribution in [3.05, 3.63) is 30.1 Å². The molecule has 3 rings (SSSR count). The fraction of sp³-hybridized carbons (Fsp3) is 0.688. The molecule has 2 aliphatic rings. The summed E-state index contributed by atoms with van der Waals surface area (Å²) in [6.45, 7) is 6.05. The lowest BCUT2D eigenvalue weighted by atomic mass is 9.79. The molecule has 0 saturated carbocycles. The van der Waals surface area contributed by atoms with Crippen molar-refractivity contribution in [2.45, 2.75) is 32.7 Å². The molecule has 0 amide bonds. The van der Waals surface area contributed by atoms with Crippen LogP contribution in [0.1, 0.15) is 31.9 Å². The Hall–Kier alpha value is -0.980. The number of hydrogen-bond acceptors (Lipinski definition) is 4. The second kappa shape index (κ2) is 6.26. The number of piperidine rings is 1.